The molecule has 0 aliphatic carbocycles. The lowest BCUT2D eigenvalue weighted by molar-refractivity contribution is 0.482. The smallest absolute Gasteiger partial charge is 0.225 e. The highest BCUT2D eigenvalue weighted by Crippen LogP contribution is 2.43. The maximum absolute atomic E-state index is 6.28. The molecule has 0 spiro atoms. The van der Waals surface area contributed by atoms with Crippen molar-refractivity contribution in [2.24, 2.45) is 0 Å². The molecule has 1 aliphatic rings. The number of fused-ring (bicyclic) bond motifs is 1. The fourth-order valence-electron chi connectivity index (χ4n) is 3.76. The van der Waals surface area contributed by atoms with E-state index in [-0.39, 0.29) is 0 Å². The summed E-state index contributed by atoms with van der Waals surface area (Å²) in [5.74, 6) is 1.00. The summed E-state index contributed by atoms with van der Waals surface area (Å²) in [6.45, 7) is 7.60. The first-order valence-electron chi connectivity index (χ1n) is 8.85. The van der Waals surface area contributed by atoms with Gasteiger partial charge in [-0.1, -0.05) is 29.8 Å². The number of thiophene rings is 1. The third-order valence-electron chi connectivity index (χ3n) is 5.10. The van der Waals surface area contributed by atoms with Crippen molar-refractivity contribution in [3.63, 3.8) is 0 Å². The largest absolute Gasteiger partial charge is 0.353 e. The van der Waals surface area contributed by atoms with Gasteiger partial charge < -0.3 is 4.90 Å². The van der Waals surface area contributed by atoms with E-state index in [1.807, 2.05) is 0 Å². The first-order valence-corrected chi connectivity index (χ1v) is 10.0. The van der Waals surface area contributed by atoms with Gasteiger partial charge in [0, 0.05) is 23.0 Å². The van der Waals surface area contributed by atoms with E-state index < -0.39 is 0 Å². The Kier molecular flexibility index (Phi) is 4.42. The van der Waals surface area contributed by atoms with Gasteiger partial charge in [-0.15, -0.1) is 11.3 Å². The molecule has 130 valence electrons. The third-order valence-corrected chi connectivity index (χ3v) is 6.26. The standard InChI is InChI=1S/C20H22ClN3S/c1-12-7-9-15(10-8-12)16-14(3)25-19-17(16)18(22-20(21)23-19)24-11-5-4-6-13(24)2/h7-10,13H,4-6,11H2,1-3H3. The molecule has 1 aromatic carbocycles. The van der Waals surface area contributed by atoms with E-state index >= 15 is 0 Å². The number of aryl methyl sites for hydroxylation is 2. The minimum atomic E-state index is 0.344. The number of piperidine rings is 1. The molecule has 5 heteroatoms. The Hall–Kier alpha value is -1.65. The van der Waals surface area contributed by atoms with Crippen LogP contribution in [0.2, 0.25) is 5.28 Å². The summed E-state index contributed by atoms with van der Waals surface area (Å²) in [4.78, 5) is 13.9. The molecule has 2 aromatic heterocycles. The highest BCUT2D eigenvalue weighted by Gasteiger charge is 2.26. The number of rotatable bonds is 2. The fraction of sp³-hybridized carbons (Fsp3) is 0.400. The van der Waals surface area contributed by atoms with E-state index in [1.165, 1.54) is 40.8 Å². The number of anilines is 1. The zero-order chi connectivity index (χ0) is 17.6. The number of hydrogen-bond donors (Lipinski definition) is 0. The second-order valence-electron chi connectivity index (χ2n) is 6.93. The van der Waals surface area contributed by atoms with Crippen LogP contribution in [-0.2, 0) is 0 Å². The average Bonchev–Trinajstić information content (AvgIpc) is 2.91. The van der Waals surface area contributed by atoms with Crippen molar-refractivity contribution in [2.45, 2.75) is 46.1 Å². The molecule has 0 amide bonds. The van der Waals surface area contributed by atoms with Crippen LogP contribution in [0.4, 0.5) is 5.82 Å². The molecule has 25 heavy (non-hydrogen) atoms. The van der Waals surface area contributed by atoms with Crippen LogP contribution in [0.5, 0.6) is 0 Å². The first-order chi connectivity index (χ1) is 12.0. The van der Waals surface area contributed by atoms with Crippen molar-refractivity contribution in [2.75, 3.05) is 11.4 Å². The predicted molar refractivity (Wildman–Crippen MR) is 108 cm³/mol. The number of halogens is 1. The Labute approximate surface area is 157 Å². The lowest BCUT2D eigenvalue weighted by Gasteiger charge is -2.35. The molecule has 3 nitrogen and oxygen atoms in total. The van der Waals surface area contributed by atoms with Crippen molar-refractivity contribution in [3.05, 3.63) is 40.0 Å². The maximum atomic E-state index is 6.28. The number of aromatic nitrogens is 2. The van der Waals surface area contributed by atoms with Crippen LogP contribution in [0.3, 0.4) is 0 Å². The van der Waals surface area contributed by atoms with Crippen molar-refractivity contribution in [3.8, 4) is 11.1 Å². The minimum absolute atomic E-state index is 0.344. The lowest BCUT2D eigenvalue weighted by Crippen LogP contribution is -2.38. The summed E-state index contributed by atoms with van der Waals surface area (Å²) in [6, 6.07) is 9.20. The van der Waals surface area contributed by atoms with Gasteiger partial charge in [0.15, 0.2) is 0 Å². The molecule has 1 saturated heterocycles. The van der Waals surface area contributed by atoms with Gasteiger partial charge in [0.1, 0.15) is 10.6 Å². The SMILES string of the molecule is Cc1ccc(-c2c(C)sc3nc(Cl)nc(N4CCCCC4C)c23)cc1. The van der Waals surface area contributed by atoms with Crippen molar-refractivity contribution >= 4 is 39.0 Å². The monoisotopic (exact) mass is 371 g/mol. The highest BCUT2D eigenvalue weighted by atomic mass is 35.5. The zero-order valence-corrected chi connectivity index (χ0v) is 16.4. The van der Waals surface area contributed by atoms with Crippen molar-refractivity contribution < 1.29 is 0 Å². The van der Waals surface area contributed by atoms with E-state index in [4.69, 9.17) is 11.6 Å². The summed E-state index contributed by atoms with van der Waals surface area (Å²) in [7, 11) is 0. The zero-order valence-electron chi connectivity index (χ0n) is 14.8. The van der Waals surface area contributed by atoms with Crippen LogP contribution in [0.15, 0.2) is 24.3 Å². The van der Waals surface area contributed by atoms with E-state index in [9.17, 15) is 0 Å². The molecule has 3 aromatic rings. The Morgan fingerprint density at radius 3 is 2.60 bits per heavy atom. The second-order valence-corrected chi connectivity index (χ2v) is 8.48. The van der Waals surface area contributed by atoms with Crippen LogP contribution >= 0.6 is 22.9 Å². The molecule has 0 bridgehead atoms. The quantitative estimate of drug-likeness (QED) is 0.516. The highest BCUT2D eigenvalue weighted by molar-refractivity contribution is 7.19. The number of benzene rings is 1. The second kappa shape index (κ2) is 6.58. The molecule has 4 rings (SSSR count). The van der Waals surface area contributed by atoms with E-state index in [0.717, 1.165) is 22.6 Å². The Balaban J connectivity index is 1.97. The average molecular weight is 372 g/mol. The predicted octanol–water partition coefficient (Wildman–Crippen LogP) is 6.01. The summed E-state index contributed by atoms with van der Waals surface area (Å²) in [5, 5.41) is 1.50. The molecule has 1 aliphatic heterocycles. The first kappa shape index (κ1) is 16.8. The van der Waals surface area contributed by atoms with Crippen molar-refractivity contribution in [1.29, 1.82) is 0 Å². The van der Waals surface area contributed by atoms with E-state index in [2.05, 4.69) is 59.9 Å². The normalized spacial score (nSPS) is 18.1. The lowest BCUT2D eigenvalue weighted by atomic mass is 10.00. The van der Waals surface area contributed by atoms with Gasteiger partial charge in [0.05, 0.1) is 5.39 Å². The Bertz CT molecular complexity index is 917. The maximum Gasteiger partial charge on any atom is 0.225 e. The summed E-state index contributed by atoms with van der Waals surface area (Å²) < 4.78 is 0. The molecular weight excluding hydrogens is 350 g/mol. The summed E-state index contributed by atoms with van der Waals surface area (Å²) in [5.41, 5.74) is 3.75. The number of hydrogen-bond acceptors (Lipinski definition) is 4. The number of nitrogens with zero attached hydrogens (tertiary/aromatic N) is 3. The Morgan fingerprint density at radius 2 is 1.88 bits per heavy atom. The molecule has 1 unspecified atom stereocenters. The molecule has 3 heterocycles. The molecule has 1 atom stereocenters. The van der Waals surface area contributed by atoms with Gasteiger partial charge in [-0.2, -0.15) is 4.98 Å². The fourth-order valence-corrected chi connectivity index (χ4v) is 5.01. The van der Waals surface area contributed by atoms with Crippen molar-refractivity contribution in [1.82, 2.24) is 9.97 Å². The molecule has 0 radical (unpaired) electrons. The Morgan fingerprint density at radius 1 is 1.12 bits per heavy atom. The van der Waals surface area contributed by atoms with Crippen LogP contribution in [0.1, 0.15) is 36.6 Å². The van der Waals surface area contributed by atoms with Gasteiger partial charge in [-0.25, -0.2) is 4.98 Å². The van der Waals surface area contributed by atoms with Crippen LogP contribution in [-0.4, -0.2) is 22.6 Å². The van der Waals surface area contributed by atoms with Gasteiger partial charge in [0.2, 0.25) is 5.28 Å². The van der Waals surface area contributed by atoms with Gasteiger partial charge in [0.25, 0.3) is 0 Å². The van der Waals surface area contributed by atoms with E-state index in [1.54, 1.807) is 11.3 Å². The van der Waals surface area contributed by atoms with Crippen LogP contribution in [0.25, 0.3) is 21.3 Å². The van der Waals surface area contributed by atoms with Gasteiger partial charge >= 0.3 is 0 Å². The van der Waals surface area contributed by atoms with Crippen LogP contribution in [0, 0.1) is 13.8 Å². The van der Waals surface area contributed by atoms with Gasteiger partial charge in [-0.05, 0) is 57.2 Å². The topological polar surface area (TPSA) is 29.0 Å². The minimum Gasteiger partial charge on any atom is -0.353 e. The van der Waals surface area contributed by atoms with Gasteiger partial charge in [-0.3, -0.25) is 0 Å². The summed E-state index contributed by atoms with van der Waals surface area (Å²) >= 11 is 7.99. The molecule has 0 saturated carbocycles. The third kappa shape index (κ3) is 3.02. The molecular formula is C20H22ClN3S. The molecule has 1 fully saturated rings. The van der Waals surface area contributed by atoms with Crippen LogP contribution < -0.4 is 4.90 Å². The van der Waals surface area contributed by atoms with E-state index in [0.29, 0.717) is 11.3 Å². The molecule has 0 N–H and O–H groups in total. The summed E-state index contributed by atoms with van der Waals surface area (Å²) in [6.07, 6.45) is 3.69.